The number of fused-ring (bicyclic) bond motifs is 1. The second-order valence-corrected chi connectivity index (χ2v) is 7.99. The van der Waals surface area contributed by atoms with Crippen LogP contribution in [-0.4, -0.2) is 74.4 Å². The van der Waals surface area contributed by atoms with E-state index in [-0.39, 0.29) is 11.9 Å². The van der Waals surface area contributed by atoms with Crippen molar-refractivity contribution in [1.82, 2.24) is 24.6 Å². The van der Waals surface area contributed by atoms with Gasteiger partial charge < -0.3 is 10.0 Å². The summed E-state index contributed by atoms with van der Waals surface area (Å²) < 4.78 is 1.78. The van der Waals surface area contributed by atoms with Crippen LogP contribution in [0.2, 0.25) is 0 Å². The number of rotatable bonds is 3. The van der Waals surface area contributed by atoms with Crippen LogP contribution in [0.15, 0.2) is 12.7 Å². The number of amides is 1. The third-order valence-corrected chi connectivity index (χ3v) is 6.30. The summed E-state index contributed by atoms with van der Waals surface area (Å²) in [5.74, 6) is 1.15. The van der Waals surface area contributed by atoms with Crippen LogP contribution in [0.4, 0.5) is 0 Å². The molecule has 1 aromatic heterocycles. The molecule has 2 aliphatic heterocycles. The number of likely N-dealkylation sites (tertiary alicyclic amines) is 2. The highest BCUT2D eigenvalue weighted by molar-refractivity contribution is 5.78. The van der Waals surface area contributed by atoms with Gasteiger partial charge in [-0.15, -0.1) is 0 Å². The fourth-order valence-electron chi connectivity index (χ4n) is 4.87. The molecule has 1 saturated carbocycles. The Hall–Kier alpha value is -1.47. The van der Waals surface area contributed by atoms with Crippen molar-refractivity contribution in [1.29, 1.82) is 0 Å². The molecular formula is C18H29N5O2. The number of carbonyl (C=O) groups excluding carboxylic acids is 1. The van der Waals surface area contributed by atoms with Crippen molar-refractivity contribution in [2.24, 2.45) is 11.8 Å². The summed E-state index contributed by atoms with van der Waals surface area (Å²) in [5, 5.41) is 14.7. The molecule has 0 spiro atoms. The van der Waals surface area contributed by atoms with Crippen LogP contribution in [0.5, 0.6) is 0 Å². The van der Waals surface area contributed by atoms with Gasteiger partial charge in [0.1, 0.15) is 12.7 Å². The fraction of sp³-hybridized carbons (Fsp3) is 0.833. The molecule has 0 radical (unpaired) electrons. The molecule has 0 aromatic carbocycles. The van der Waals surface area contributed by atoms with Crippen LogP contribution in [0.1, 0.15) is 44.6 Å². The van der Waals surface area contributed by atoms with Crippen molar-refractivity contribution in [3.8, 4) is 0 Å². The first-order valence-corrected chi connectivity index (χ1v) is 9.73. The molecule has 4 rings (SSSR count). The quantitative estimate of drug-likeness (QED) is 0.880. The first-order chi connectivity index (χ1) is 12.2. The predicted octanol–water partition coefficient (Wildman–Crippen LogP) is 0.924. The molecule has 1 aliphatic carbocycles. The van der Waals surface area contributed by atoms with E-state index < -0.39 is 6.10 Å². The van der Waals surface area contributed by atoms with E-state index >= 15 is 0 Å². The average molecular weight is 347 g/mol. The summed E-state index contributed by atoms with van der Waals surface area (Å²) in [4.78, 5) is 21.1. The van der Waals surface area contributed by atoms with E-state index in [4.69, 9.17) is 0 Å². The molecule has 2 saturated heterocycles. The molecule has 4 atom stereocenters. The van der Waals surface area contributed by atoms with Gasteiger partial charge in [0.25, 0.3) is 0 Å². The minimum atomic E-state index is -0.399. The Morgan fingerprint density at radius 1 is 1.08 bits per heavy atom. The molecule has 1 aromatic rings. The number of hydrogen-bond donors (Lipinski definition) is 1. The third kappa shape index (κ3) is 3.72. The normalized spacial score (nSPS) is 33.9. The van der Waals surface area contributed by atoms with Crippen molar-refractivity contribution in [2.45, 2.75) is 50.7 Å². The highest BCUT2D eigenvalue weighted by Gasteiger charge is 2.43. The predicted molar refractivity (Wildman–Crippen MR) is 92.8 cm³/mol. The average Bonchev–Trinajstić information content (AvgIpc) is 3.19. The maximum atomic E-state index is 12.8. The van der Waals surface area contributed by atoms with Crippen LogP contribution in [0.25, 0.3) is 0 Å². The SMILES string of the molecule is O=C(CN1CCCCCC1)N1C[C@H]2C[C@@H](n3cncn3)[C@H](O)C[C@H]2C1. The van der Waals surface area contributed by atoms with E-state index in [0.29, 0.717) is 18.4 Å². The zero-order valence-electron chi connectivity index (χ0n) is 14.8. The van der Waals surface area contributed by atoms with Crippen molar-refractivity contribution in [2.75, 3.05) is 32.7 Å². The van der Waals surface area contributed by atoms with E-state index in [9.17, 15) is 9.90 Å². The molecule has 7 heteroatoms. The second kappa shape index (κ2) is 7.41. The van der Waals surface area contributed by atoms with Crippen LogP contribution in [0, 0.1) is 11.8 Å². The number of aliphatic hydroxyl groups is 1. The molecule has 138 valence electrons. The summed E-state index contributed by atoms with van der Waals surface area (Å²) in [6.07, 6.45) is 9.44. The molecule has 7 nitrogen and oxygen atoms in total. The summed E-state index contributed by atoms with van der Waals surface area (Å²) >= 11 is 0. The molecule has 25 heavy (non-hydrogen) atoms. The lowest BCUT2D eigenvalue weighted by atomic mass is 9.77. The lowest BCUT2D eigenvalue weighted by molar-refractivity contribution is -0.131. The Labute approximate surface area is 149 Å². The zero-order valence-corrected chi connectivity index (χ0v) is 14.8. The van der Waals surface area contributed by atoms with E-state index in [1.807, 2.05) is 4.90 Å². The first-order valence-electron chi connectivity index (χ1n) is 9.73. The van der Waals surface area contributed by atoms with Gasteiger partial charge in [-0.2, -0.15) is 5.10 Å². The van der Waals surface area contributed by atoms with Gasteiger partial charge in [-0.05, 0) is 50.6 Å². The number of nitrogens with zero attached hydrogens (tertiary/aromatic N) is 5. The Kier molecular flexibility index (Phi) is 5.03. The maximum Gasteiger partial charge on any atom is 0.236 e. The zero-order chi connectivity index (χ0) is 17.2. The van der Waals surface area contributed by atoms with Gasteiger partial charge in [0.2, 0.25) is 5.91 Å². The summed E-state index contributed by atoms with van der Waals surface area (Å²) in [5.41, 5.74) is 0. The topological polar surface area (TPSA) is 74.5 Å². The Bertz CT molecular complexity index is 570. The largest absolute Gasteiger partial charge is 0.391 e. The highest BCUT2D eigenvalue weighted by Crippen LogP contribution is 2.41. The number of hydrogen-bond acceptors (Lipinski definition) is 5. The molecule has 3 heterocycles. The van der Waals surface area contributed by atoms with Gasteiger partial charge in [-0.3, -0.25) is 9.69 Å². The molecule has 1 amide bonds. The van der Waals surface area contributed by atoms with Crippen LogP contribution in [0.3, 0.4) is 0 Å². The minimum Gasteiger partial charge on any atom is -0.391 e. The van der Waals surface area contributed by atoms with Gasteiger partial charge in [-0.25, -0.2) is 9.67 Å². The smallest absolute Gasteiger partial charge is 0.236 e. The lowest BCUT2D eigenvalue weighted by Gasteiger charge is -2.34. The second-order valence-electron chi connectivity index (χ2n) is 7.99. The Morgan fingerprint density at radius 3 is 2.48 bits per heavy atom. The summed E-state index contributed by atoms with van der Waals surface area (Å²) in [6, 6.07) is -0.00981. The molecule has 0 unspecified atom stereocenters. The minimum absolute atomic E-state index is 0.00981. The monoisotopic (exact) mass is 347 g/mol. The van der Waals surface area contributed by atoms with Crippen molar-refractivity contribution in [3.63, 3.8) is 0 Å². The standard InChI is InChI=1S/C18H29N5O2/c24-17-8-15-10-22(18(25)11-21-5-3-1-2-4-6-21)9-14(15)7-16(17)23-13-19-12-20-23/h12-17,24H,1-11H2/t14-,15+,16-,17-/m1/s1. The highest BCUT2D eigenvalue weighted by atomic mass is 16.3. The van der Waals surface area contributed by atoms with Crippen LogP contribution >= 0.6 is 0 Å². The number of aromatic nitrogens is 3. The third-order valence-electron chi connectivity index (χ3n) is 6.30. The molecule has 0 bridgehead atoms. The molecule has 3 fully saturated rings. The Balaban J connectivity index is 1.35. The fourth-order valence-corrected chi connectivity index (χ4v) is 4.87. The number of aliphatic hydroxyl groups excluding tert-OH is 1. The Morgan fingerprint density at radius 2 is 1.80 bits per heavy atom. The van der Waals surface area contributed by atoms with Crippen LogP contribution < -0.4 is 0 Å². The van der Waals surface area contributed by atoms with Gasteiger partial charge in [0.05, 0.1) is 18.7 Å². The molecular weight excluding hydrogens is 318 g/mol. The number of carbonyl (C=O) groups is 1. The molecule has 3 aliphatic rings. The summed E-state index contributed by atoms with van der Waals surface area (Å²) in [6.45, 7) is 4.31. The van der Waals surface area contributed by atoms with E-state index in [2.05, 4.69) is 15.0 Å². The lowest BCUT2D eigenvalue weighted by Crippen LogP contribution is -2.39. The van der Waals surface area contributed by atoms with E-state index in [1.54, 1.807) is 11.0 Å². The maximum absolute atomic E-state index is 12.8. The summed E-state index contributed by atoms with van der Waals surface area (Å²) in [7, 11) is 0. The van der Waals surface area contributed by atoms with Gasteiger partial charge >= 0.3 is 0 Å². The first kappa shape index (κ1) is 17.0. The van der Waals surface area contributed by atoms with Crippen LogP contribution in [-0.2, 0) is 4.79 Å². The van der Waals surface area contributed by atoms with E-state index in [1.165, 1.54) is 32.0 Å². The van der Waals surface area contributed by atoms with Gasteiger partial charge in [-0.1, -0.05) is 12.8 Å². The van der Waals surface area contributed by atoms with Crippen molar-refractivity contribution in [3.05, 3.63) is 12.7 Å². The van der Waals surface area contributed by atoms with Crippen molar-refractivity contribution >= 4 is 5.91 Å². The molecule has 1 N–H and O–H groups in total. The van der Waals surface area contributed by atoms with E-state index in [0.717, 1.165) is 39.0 Å². The van der Waals surface area contributed by atoms with Crippen molar-refractivity contribution < 1.29 is 9.90 Å². The van der Waals surface area contributed by atoms with Gasteiger partial charge in [0, 0.05) is 13.1 Å². The van der Waals surface area contributed by atoms with Gasteiger partial charge in [0.15, 0.2) is 0 Å².